The van der Waals surface area contributed by atoms with Crippen LogP contribution in [-0.2, 0) is 11.2 Å². The van der Waals surface area contributed by atoms with Crippen LogP contribution in [-0.4, -0.2) is 34.1 Å². The first-order valence-corrected chi connectivity index (χ1v) is 6.26. The Morgan fingerprint density at radius 1 is 1.33 bits per heavy atom. The molecule has 0 bridgehead atoms. The minimum Gasteiger partial charge on any atom is -0.480 e. The van der Waals surface area contributed by atoms with Gasteiger partial charge in [-0.2, -0.15) is 0 Å². The highest BCUT2D eigenvalue weighted by Crippen LogP contribution is 2.17. The molecule has 1 aromatic carbocycles. The van der Waals surface area contributed by atoms with E-state index in [1.165, 1.54) is 19.9 Å². The van der Waals surface area contributed by atoms with E-state index in [0.29, 0.717) is 5.56 Å². The molecule has 0 aliphatic rings. The molecule has 0 aromatic heterocycles. The van der Waals surface area contributed by atoms with E-state index in [2.05, 4.69) is 10.6 Å². The maximum atomic E-state index is 11.6. The van der Waals surface area contributed by atoms with Gasteiger partial charge in [-0.3, -0.25) is 10.1 Å². The first-order chi connectivity index (χ1) is 9.74. The Bertz CT molecular complexity index is 556. The highest BCUT2D eigenvalue weighted by molar-refractivity contribution is 5.85. The maximum Gasteiger partial charge on any atom is 0.328 e. The molecular weight excluding hydrogens is 278 g/mol. The van der Waals surface area contributed by atoms with Crippen molar-refractivity contribution >= 4 is 17.7 Å². The minimum atomic E-state index is -1.39. The van der Waals surface area contributed by atoms with Crippen LogP contribution in [0.1, 0.15) is 19.4 Å². The molecule has 1 aromatic rings. The van der Waals surface area contributed by atoms with Gasteiger partial charge in [-0.25, -0.2) is 9.59 Å². The topological polar surface area (TPSA) is 122 Å². The van der Waals surface area contributed by atoms with Crippen LogP contribution < -0.4 is 10.6 Å². The number of nitrogens with zero attached hydrogens (tertiary/aromatic N) is 1. The van der Waals surface area contributed by atoms with Gasteiger partial charge in [0, 0.05) is 18.2 Å². The number of para-hydroxylation sites is 1. The molecule has 0 aliphatic carbocycles. The third-order valence-electron chi connectivity index (χ3n) is 2.83. The third kappa shape index (κ3) is 4.75. The van der Waals surface area contributed by atoms with Crippen molar-refractivity contribution in [3.63, 3.8) is 0 Å². The number of carboxylic acid groups (broad SMARTS) is 1. The minimum absolute atomic E-state index is 0.00873. The van der Waals surface area contributed by atoms with Gasteiger partial charge in [0.2, 0.25) is 0 Å². The van der Waals surface area contributed by atoms with Crippen LogP contribution in [0.5, 0.6) is 0 Å². The van der Waals surface area contributed by atoms with Gasteiger partial charge in [0.1, 0.15) is 5.54 Å². The quantitative estimate of drug-likeness (QED) is 0.539. The monoisotopic (exact) mass is 295 g/mol. The van der Waals surface area contributed by atoms with Gasteiger partial charge in [0.05, 0.1) is 4.92 Å². The molecule has 0 aliphatic heterocycles. The van der Waals surface area contributed by atoms with E-state index in [4.69, 9.17) is 5.11 Å². The average Bonchev–Trinajstić information content (AvgIpc) is 2.38. The van der Waals surface area contributed by atoms with Crippen LogP contribution in [0.2, 0.25) is 0 Å². The number of hydrogen-bond acceptors (Lipinski definition) is 4. The smallest absolute Gasteiger partial charge is 0.328 e. The van der Waals surface area contributed by atoms with Gasteiger partial charge in [0.15, 0.2) is 0 Å². The van der Waals surface area contributed by atoms with E-state index >= 15 is 0 Å². The highest BCUT2D eigenvalue weighted by atomic mass is 16.6. The number of nitro groups is 1. The summed E-state index contributed by atoms with van der Waals surface area (Å²) < 4.78 is 0. The number of nitrogens with one attached hydrogen (secondary N) is 2. The molecule has 8 nitrogen and oxygen atoms in total. The van der Waals surface area contributed by atoms with Crippen molar-refractivity contribution in [1.82, 2.24) is 10.6 Å². The van der Waals surface area contributed by atoms with E-state index in [1.54, 1.807) is 18.2 Å². The molecule has 2 amide bonds. The lowest BCUT2D eigenvalue weighted by Crippen LogP contribution is -2.53. The highest BCUT2D eigenvalue weighted by Gasteiger charge is 2.28. The Hall–Kier alpha value is -2.64. The summed E-state index contributed by atoms with van der Waals surface area (Å²) in [6, 6.07) is 5.61. The predicted octanol–water partition coefficient (Wildman–Crippen LogP) is 1.30. The van der Waals surface area contributed by atoms with E-state index in [-0.39, 0.29) is 18.7 Å². The van der Waals surface area contributed by atoms with E-state index in [0.717, 1.165) is 0 Å². The van der Waals surface area contributed by atoms with Crippen LogP contribution in [0.4, 0.5) is 10.5 Å². The maximum absolute atomic E-state index is 11.6. The number of carboxylic acids is 1. The van der Waals surface area contributed by atoms with Crippen molar-refractivity contribution in [3.05, 3.63) is 39.9 Å². The summed E-state index contributed by atoms with van der Waals surface area (Å²) in [7, 11) is 0. The van der Waals surface area contributed by atoms with Gasteiger partial charge < -0.3 is 15.7 Å². The first kappa shape index (κ1) is 16.4. The Labute approximate surface area is 121 Å². The second kappa shape index (κ2) is 6.69. The van der Waals surface area contributed by atoms with Crippen LogP contribution in [0, 0.1) is 10.1 Å². The number of rotatable bonds is 6. The second-order valence-corrected chi connectivity index (χ2v) is 4.95. The zero-order valence-corrected chi connectivity index (χ0v) is 11.8. The Balaban J connectivity index is 2.53. The molecule has 0 radical (unpaired) electrons. The fraction of sp³-hybridized carbons (Fsp3) is 0.385. The normalized spacial score (nSPS) is 10.8. The van der Waals surface area contributed by atoms with Crippen LogP contribution >= 0.6 is 0 Å². The largest absolute Gasteiger partial charge is 0.480 e. The summed E-state index contributed by atoms with van der Waals surface area (Å²) in [5.41, 5.74) is -0.895. The SMILES string of the molecule is CC(C)(NC(=O)NCCc1ccccc1[N+](=O)[O-])C(=O)O. The first-order valence-electron chi connectivity index (χ1n) is 6.26. The van der Waals surface area contributed by atoms with Crippen molar-refractivity contribution in [2.45, 2.75) is 25.8 Å². The second-order valence-electron chi connectivity index (χ2n) is 4.95. The number of hydrogen-bond donors (Lipinski definition) is 3. The van der Waals surface area contributed by atoms with Gasteiger partial charge in [-0.05, 0) is 20.3 Å². The molecule has 1 rings (SSSR count). The van der Waals surface area contributed by atoms with Gasteiger partial charge in [0.25, 0.3) is 5.69 Å². The van der Waals surface area contributed by atoms with Crippen LogP contribution in [0.3, 0.4) is 0 Å². The van der Waals surface area contributed by atoms with Crippen molar-refractivity contribution in [2.24, 2.45) is 0 Å². The fourth-order valence-corrected chi connectivity index (χ4v) is 1.59. The van der Waals surface area contributed by atoms with Crippen molar-refractivity contribution in [3.8, 4) is 0 Å². The van der Waals surface area contributed by atoms with E-state index in [1.807, 2.05) is 0 Å². The summed E-state index contributed by atoms with van der Waals surface area (Å²) in [6.07, 6.45) is 0.276. The molecular formula is C13H17N3O5. The summed E-state index contributed by atoms with van der Waals surface area (Å²) >= 11 is 0. The lowest BCUT2D eigenvalue weighted by Gasteiger charge is -2.21. The molecule has 3 N–H and O–H groups in total. The van der Waals surface area contributed by atoms with Crippen molar-refractivity contribution in [1.29, 1.82) is 0 Å². The third-order valence-corrected chi connectivity index (χ3v) is 2.83. The number of nitro benzene ring substituents is 1. The van der Waals surface area contributed by atoms with Gasteiger partial charge in [-0.1, -0.05) is 18.2 Å². The standard InChI is InChI=1S/C13H17N3O5/c1-13(2,11(17)18)15-12(19)14-8-7-9-5-3-4-6-10(9)16(20)21/h3-6H,7-8H2,1-2H3,(H,17,18)(H2,14,15,19). The molecule has 0 atom stereocenters. The molecule has 8 heteroatoms. The predicted molar refractivity (Wildman–Crippen MR) is 75.0 cm³/mol. The summed E-state index contributed by atoms with van der Waals surface area (Å²) in [5, 5.41) is 24.5. The zero-order valence-electron chi connectivity index (χ0n) is 11.8. The number of benzene rings is 1. The summed E-state index contributed by atoms with van der Waals surface area (Å²) in [5.74, 6) is -1.16. The Morgan fingerprint density at radius 3 is 2.52 bits per heavy atom. The molecule has 114 valence electrons. The van der Waals surface area contributed by atoms with Crippen LogP contribution in [0.15, 0.2) is 24.3 Å². The lowest BCUT2D eigenvalue weighted by atomic mass is 10.1. The van der Waals surface area contributed by atoms with E-state index < -0.39 is 22.5 Å². The average molecular weight is 295 g/mol. The fourth-order valence-electron chi connectivity index (χ4n) is 1.59. The number of amides is 2. The van der Waals surface area contributed by atoms with Crippen molar-refractivity contribution in [2.75, 3.05) is 6.54 Å². The number of carbonyl (C=O) groups is 2. The van der Waals surface area contributed by atoms with Crippen molar-refractivity contribution < 1.29 is 19.6 Å². The van der Waals surface area contributed by atoms with Gasteiger partial charge >= 0.3 is 12.0 Å². The number of carbonyl (C=O) groups excluding carboxylic acids is 1. The van der Waals surface area contributed by atoms with E-state index in [9.17, 15) is 19.7 Å². The summed E-state index contributed by atoms with van der Waals surface area (Å²) in [4.78, 5) is 32.7. The number of urea groups is 1. The molecule has 0 saturated carbocycles. The molecule has 0 fully saturated rings. The Morgan fingerprint density at radius 2 is 1.95 bits per heavy atom. The molecule has 21 heavy (non-hydrogen) atoms. The van der Waals surface area contributed by atoms with Crippen LogP contribution in [0.25, 0.3) is 0 Å². The Kier molecular flexibility index (Phi) is 5.23. The molecule has 0 unspecified atom stereocenters. The molecule has 0 spiro atoms. The molecule has 0 saturated heterocycles. The van der Waals surface area contributed by atoms with Gasteiger partial charge in [-0.15, -0.1) is 0 Å². The lowest BCUT2D eigenvalue weighted by molar-refractivity contribution is -0.385. The summed E-state index contributed by atoms with van der Waals surface area (Å²) in [6.45, 7) is 2.88. The molecule has 0 heterocycles. The zero-order chi connectivity index (χ0) is 16.0. The number of aliphatic carboxylic acids is 1.